The summed E-state index contributed by atoms with van der Waals surface area (Å²) >= 11 is 5.79. The van der Waals surface area contributed by atoms with E-state index in [4.69, 9.17) is 21.1 Å². The van der Waals surface area contributed by atoms with Crippen molar-refractivity contribution in [1.82, 2.24) is 0 Å². The average molecular weight is 400 g/mol. The third-order valence-corrected chi connectivity index (χ3v) is 3.53. The Morgan fingerprint density at radius 3 is 2.52 bits per heavy atom. The van der Waals surface area contributed by atoms with Gasteiger partial charge in [0.2, 0.25) is 0 Å². The largest absolute Gasteiger partial charge is 0.482 e. The standard InChI is InChI=1S/C18H16ClF2NO5/c1-11-4-2-3-5-14(11)25-10-17(24)26-9-16(23)22-12-6-7-15(13(19)8-12)27-18(20)21/h2-8,18H,9-10H2,1H3,(H,22,23). The van der Waals surface area contributed by atoms with Crippen molar-refractivity contribution in [2.45, 2.75) is 13.5 Å². The lowest BCUT2D eigenvalue weighted by Crippen LogP contribution is -2.23. The van der Waals surface area contributed by atoms with E-state index in [1.54, 1.807) is 12.1 Å². The Kier molecular flexibility index (Phi) is 7.36. The Morgan fingerprint density at radius 2 is 1.85 bits per heavy atom. The first-order valence-electron chi connectivity index (χ1n) is 7.73. The van der Waals surface area contributed by atoms with E-state index < -0.39 is 25.1 Å². The van der Waals surface area contributed by atoms with Gasteiger partial charge in [-0.25, -0.2) is 4.79 Å². The van der Waals surface area contributed by atoms with Crippen molar-refractivity contribution in [3.8, 4) is 11.5 Å². The Labute approximate surface area is 159 Å². The van der Waals surface area contributed by atoms with Crippen LogP contribution in [0.15, 0.2) is 42.5 Å². The molecule has 1 N–H and O–H groups in total. The highest BCUT2D eigenvalue weighted by molar-refractivity contribution is 6.32. The fourth-order valence-corrected chi connectivity index (χ4v) is 2.24. The molecule has 0 aliphatic carbocycles. The number of amides is 1. The molecule has 0 unspecified atom stereocenters. The monoisotopic (exact) mass is 399 g/mol. The summed E-state index contributed by atoms with van der Waals surface area (Å²) < 4.78 is 38.7. The Balaban J connectivity index is 1.78. The van der Waals surface area contributed by atoms with Gasteiger partial charge < -0.3 is 19.5 Å². The number of carbonyl (C=O) groups is 2. The number of ether oxygens (including phenoxy) is 3. The summed E-state index contributed by atoms with van der Waals surface area (Å²) in [5.41, 5.74) is 1.10. The van der Waals surface area contributed by atoms with Crippen molar-refractivity contribution < 1.29 is 32.6 Å². The number of carbonyl (C=O) groups excluding carboxylic acids is 2. The van der Waals surface area contributed by atoms with Gasteiger partial charge in [0.25, 0.3) is 5.91 Å². The van der Waals surface area contributed by atoms with Gasteiger partial charge in [-0.15, -0.1) is 0 Å². The molecule has 2 rings (SSSR count). The molecule has 0 saturated heterocycles. The summed E-state index contributed by atoms with van der Waals surface area (Å²) in [6.45, 7) is -2.06. The number of anilines is 1. The first kappa shape index (κ1) is 20.4. The van der Waals surface area contributed by atoms with Crippen molar-refractivity contribution in [2.75, 3.05) is 18.5 Å². The lowest BCUT2D eigenvalue weighted by Gasteiger charge is -2.10. The van der Waals surface area contributed by atoms with Crippen LogP contribution < -0.4 is 14.8 Å². The molecular weight excluding hydrogens is 384 g/mol. The number of alkyl halides is 2. The Bertz CT molecular complexity index is 816. The van der Waals surface area contributed by atoms with Gasteiger partial charge in [0, 0.05) is 5.69 Å². The normalized spacial score (nSPS) is 10.4. The molecule has 144 valence electrons. The number of para-hydroxylation sites is 1. The SMILES string of the molecule is Cc1ccccc1OCC(=O)OCC(=O)Nc1ccc(OC(F)F)c(Cl)c1. The summed E-state index contributed by atoms with van der Waals surface area (Å²) in [7, 11) is 0. The van der Waals surface area contributed by atoms with Gasteiger partial charge in [-0.05, 0) is 36.8 Å². The number of nitrogens with one attached hydrogen (secondary N) is 1. The van der Waals surface area contributed by atoms with Gasteiger partial charge in [-0.2, -0.15) is 8.78 Å². The zero-order valence-electron chi connectivity index (χ0n) is 14.2. The first-order valence-corrected chi connectivity index (χ1v) is 8.11. The second-order valence-corrected chi connectivity index (χ2v) is 5.69. The van der Waals surface area contributed by atoms with Gasteiger partial charge in [0.1, 0.15) is 11.5 Å². The second kappa shape index (κ2) is 9.72. The zero-order chi connectivity index (χ0) is 19.8. The van der Waals surface area contributed by atoms with Gasteiger partial charge >= 0.3 is 12.6 Å². The van der Waals surface area contributed by atoms with Gasteiger partial charge in [0.15, 0.2) is 13.2 Å². The van der Waals surface area contributed by atoms with Crippen LogP contribution in [0.4, 0.5) is 14.5 Å². The van der Waals surface area contributed by atoms with Crippen LogP contribution in [0, 0.1) is 6.92 Å². The van der Waals surface area contributed by atoms with Gasteiger partial charge in [-0.3, -0.25) is 4.79 Å². The van der Waals surface area contributed by atoms with Crippen LogP contribution in [0.2, 0.25) is 5.02 Å². The van der Waals surface area contributed by atoms with Gasteiger partial charge in [-0.1, -0.05) is 29.8 Å². The number of rotatable bonds is 8. The smallest absolute Gasteiger partial charge is 0.387 e. The van der Waals surface area contributed by atoms with Crippen molar-refractivity contribution in [1.29, 1.82) is 0 Å². The van der Waals surface area contributed by atoms with Crippen LogP contribution in [0.25, 0.3) is 0 Å². The zero-order valence-corrected chi connectivity index (χ0v) is 15.0. The summed E-state index contributed by atoms with van der Waals surface area (Å²) in [6, 6.07) is 10.9. The molecule has 0 heterocycles. The predicted octanol–water partition coefficient (Wildman–Crippen LogP) is 3.81. The molecule has 6 nitrogen and oxygen atoms in total. The lowest BCUT2D eigenvalue weighted by molar-refractivity contribution is -0.149. The maximum atomic E-state index is 12.2. The van der Waals surface area contributed by atoms with E-state index in [0.29, 0.717) is 5.75 Å². The summed E-state index contributed by atoms with van der Waals surface area (Å²) in [5.74, 6) is -1.02. The van der Waals surface area contributed by atoms with Gasteiger partial charge in [0.05, 0.1) is 5.02 Å². The number of halogens is 3. The van der Waals surface area contributed by atoms with E-state index in [1.165, 1.54) is 18.2 Å². The van der Waals surface area contributed by atoms with E-state index in [-0.39, 0.29) is 23.1 Å². The molecule has 0 aliphatic rings. The molecule has 0 fully saturated rings. The van der Waals surface area contributed by atoms with Crippen molar-refractivity contribution in [3.63, 3.8) is 0 Å². The molecule has 0 aliphatic heterocycles. The van der Waals surface area contributed by atoms with Crippen molar-refractivity contribution >= 4 is 29.2 Å². The molecule has 0 spiro atoms. The van der Waals surface area contributed by atoms with Crippen LogP contribution in [0.5, 0.6) is 11.5 Å². The summed E-state index contributed by atoms with van der Waals surface area (Å²) in [5, 5.41) is 2.32. The number of hydrogen-bond acceptors (Lipinski definition) is 5. The van der Waals surface area contributed by atoms with Crippen molar-refractivity contribution in [2.24, 2.45) is 0 Å². The highest BCUT2D eigenvalue weighted by Gasteiger charge is 2.12. The third kappa shape index (κ3) is 6.74. The highest BCUT2D eigenvalue weighted by Crippen LogP contribution is 2.28. The van der Waals surface area contributed by atoms with E-state index in [2.05, 4.69) is 10.1 Å². The molecule has 1 amide bonds. The highest BCUT2D eigenvalue weighted by atomic mass is 35.5. The van der Waals surface area contributed by atoms with E-state index in [1.807, 2.05) is 19.1 Å². The lowest BCUT2D eigenvalue weighted by atomic mass is 10.2. The molecule has 0 saturated carbocycles. The average Bonchev–Trinajstić information content (AvgIpc) is 2.61. The fraction of sp³-hybridized carbons (Fsp3) is 0.222. The minimum atomic E-state index is -3.01. The summed E-state index contributed by atoms with van der Waals surface area (Å²) in [6.07, 6.45) is 0. The topological polar surface area (TPSA) is 73.9 Å². The van der Waals surface area contributed by atoms with E-state index in [9.17, 15) is 18.4 Å². The first-order chi connectivity index (χ1) is 12.8. The quantitative estimate of drug-likeness (QED) is 0.683. The molecule has 9 heteroatoms. The molecule has 0 radical (unpaired) electrons. The molecule has 0 aromatic heterocycles. The van der Waals surface area contributed by atoms with E-state index in [0.717, 1.165) is 5.56 Å². The fourth-order valence-electron chi connectivity index (χ4n) is 2.01. The molecule has 27 heavy (non-hydrogen) atoms. The molecule has 0 bridgehead atoms. The maximum absolute atomic E-state index is 12.2. The van der Waals surface area contributed by atoms with Crippen LogP contribution in [0.3, 0.4) is 0 Å². The number of hydrogen-bond donors (Lipinski definition) is 1. The number of benzene rings is 2. The minimum Gasteiger partial charge on any atom is -0.482 e. The van der Waals surface area contributed by atoms with E-state index >= 15 is 0 Å². The van der Waals surface area contributed by atoms with Crippen LogP contribution >= 0.6 is 11.6 Å². The minimum absolute atomic E-state index is 0.100. The van der Waals surface area contributed by atoms with Crippen LogP contribution in [0.1, 0.15) is 5.56 Å². The predicted molar refractivity (Wildman–Crippen MR) is 94.3 cm³/mol. The third-order valence-electron chi connectivity index (χ3n) is 3.24. The molecular formula is C18H16ClF2NO5. The Hall–Kier alpha value is -2.87. The maximum Gasteiger partial charge on any atom is 0.387 e. The summed E-state index contributed by atoms with van der Waals surface area (Å²) in [4.78, 5) is 23.4. The molecule has 0 atom stereocenters. The molecule has 2 aromatic rings. The number of aryl methyl sites for hydroxylation is 1. The molecule has 2 aromatic carbocycles. The van der Waals surface area contributed by atoms with Crippen LogP contribution in [-0.2, 0) is 14.3 Å². The van der Waals surface area contributed by atoms with Crippen molar-refractivity contribution in [3.05, 3.63) is 53.1 Å². The Morgan fingerprint density at radius 1 is 1.11 bits per heavy atom. The number of esters is 1. The second-order valence-electron chi connectivity index (χ2n) is 5.29. The van der Waals surface area contributed by atoms with Crippen LogP contribution in [-0.4, -0.2) is 31.7 Å².